The van der Waals surface area contributed by atoms with Crippen molar-refractivity contribution in [1.29, 1.82) is 0 Å². The quantitative estimate of drug-likeness (QED) is 0.807. The fourth-order valence-corrected chi connectivity index (χ4v) is 2.92. The summed E-state index contributed by atoms with van der Waals surface area (Å²) in [4.78, 5) is 0. The van der Waals surface area contributed by atoms with Gasteiger partial charge in [0, 0.05) is 12.6 Å². The van der Waals surface area contributed by atoms with Gasteiger partial charge in [0.15, 0.2) is 0 Å². The number of nitrogens with one attached hydrogen (secondary N) is 1. The third-order valence-corrected chi connectivity index (χ3v) is 3.77. The van der Waals surface area contributed by atoms with Crippen molar-refractivity contribution < 1.29 is 9.13 Å². The molecule has 0 spiro atoms. The maximum Gasteiger partial charge on any atom is 0.123 e. The number of benzene rings is 1. The van der Waals surface area contributed by atoms with Gasteiger partial charge in [-0.05, 0) is 55.5 Å². The smallest absolute Gasteiger partial charge is 0.123 e. The summed E-state index contributed by atoms with van der Waals surface area (Å²) in [5, 5.41) is 3.47. The molecular weight excluding hydrogens is 217 g/mol. The van der Waals surface area contributed by atoms with Gasteiger partial charge >= 0.3 is 0 Å². The fraction of sp³-hybridized carbons (Fsp3) is 0.571. The van der Waals surface area contributed by atoms with Gasteiger partial charge in [0.05, 0.1) is 6.10 Å². The zero-order valence-corrected chi connectivity index (χ0v) is 9.92. The van der Waals surface area contributed by atoms with E-state index in [0.717, 1.165) is 38.0 Å². The molecule has 2 nitrogen and oxygen atoms in total. The predicted molar refractivity (Wildman–Crippen MR) is 64.4 cm³/mol. The molecule has 3 rings (SSSR count). The van der Waals surface area contributed by atoms with Gasteiger partial charge in [-0.3, -0.25) is 0 Å². The largest absolute Gasteiger partial charge is 0.372 e. The Morgan fingerprint density at radius 2 is 2.24 bits per heavy atom. The Kier molecular flexibility index (Phi) is 3.12. The molecule has 3 heteroatoms. The minimum absolute atomic E-state index is 0.0331. The number of fused-ring (bicyclic) bond motifs is 1. The van der Waals surface area contributed by atoms with E-state index in [-0.39, 0.29) is 11.9 Å². The van der Waals surface area contributed by atoms with Crippen LogP contribution in [0, 0.1) is 5.82 Å². The molecule has 0 bridgehead atoms. The van der Waals surface area contributed by atoms with Crippen LogP contribution in [0.15, 0.2) is 18.2 Å². The number of hydrogen-bond acceptors (Lipinski definition) is 2. The Hall–Kier alpha value is -0.930. The molecule has 0 aliphatic carbocycles. The molecule has 1 aromatic rings. The molecule has 92 valence electrons. The van der Waals surface area contributed by atoms with Gasteiger partial charge in [0.1, 0.15) is 5.82 Å². The van der Waals surface area contributed by atoms with Crippen LogP contribution in [0.3, 0.4) is 0 Å². The standard InChI is InChI=1S/C14H18FNO/c15-11-6-5-10-3-2-8-17-14(12(10)9-11)13-4-1-7-16-13/h5-6,9,13-14,16H,1-4,7-8H2/t13-,14+/m0/s1. The highest BCUT2D eigenvalue weighted by Gasteiger charge is 2.29. The van der Waals surface area contributed by atoms with Crippen molar-refractivity contribution in [3.05, 3.63) is 35.1 Å². The van der Waals surface area contributed by atoms with Crippen molar-refractivity contribution in [3.63, 3.8) is 0 Å². The van der Waals surface area contributed by atoms with Gasteiger partial charge in [-0.2, -0.15) is 0 Å². The summed E-state index contributed by atoms with van der Waals surface area (Å²) in [5.74, 6) is -0.155. The zero-order valence-electron chi connectivity index (χ0n) is 9.92. The van der Waals surface area contributed by atoms with Crippen molar-refractivity contribution in [2.75, 3.05) is 13.2 Å². The van der Waals surface area contributed by atoms with Crippen LogP contribution in [0.1, 0.15) is 36.5 Å². The van der Waals surface area contributed by atoms with Crippen LogP contribution in [0.4, 0.5) is 4.39 Å². The van der Waals surface area contributed by atoms with E-state index in [9.17, 15) is 4.39 Å². The van der Waals surface area contributed by atoms with E-state index in [1.807, 2.05) is 6.07 Å². The first-order valence-electron chi connectivity index (χ1n) is 6.48. The van der Waals surface area contributed by atoms with Gasteiger partial charge in [-0.25, -0.2) is 4.39 Å². The van der Waals surface area contributed by atoms with Crippen molar-refractivity contribution in [2.45, 2.75) is 37.8 Å². The van der Waals surface area contributed by atoms with Crippen LogP contribution in [-0.2, 0) is 11.2 Å². The first-order valence-corrected chi connectivity index (χ1v) is 6.48. The number of ether oxygens (including phenoxy) is 1. The Morgan fingerprint density at radius 1 is 1.29 bits per heavy atom. The number of hydrogen-bond donors (Lipinski definition) is 1. The van der Waals surface area contributed by atoms with Crippen LogP contribution in [0.5, 0.6) is 0 Å². The molecule has 0 radical (unpaired) electrons. The SMILES string of the molecule is Fc1ccc2c(c1)[C@H]([C@@H]1CCCN1)OCCC2. The molecule has 1 aromatic carbocycles. The maximum atomic E-state index is 13.4. The second-order valence-corrected chi connectivity index (χ2v) is 4.94. The van der Waals surface area contributed by atoms with Crippen LogP contribution < -0.4 is 5.32 Å². The lowest BCUT2D eigenvalue weighted by molar-refractivity contribution is 0.0332. The molecule has 2 aliphatic rings. The molecule has 1 fully saturated rings. The van der Waals surface area contributed by atoms with Crippen molar-refractivity contribution in [1.82, 2.24) is 5.32 Å². The van der Waals surface area contributed by atoms with E-state index >= 15 is 0 Å². The van der Waals surface area contributed by atoms with Gasteiger partial charge in [0.2, 0.25) is 0 Å². The molecule has 2 atom stereocenters. The van der Waals surface area contributed by atoms with Crippen LogP contribution in [-0.4, -0.2) is 19.2 Å². The monoisotopic (exact) mass is 235 g/mol. The molecule has 17 heavy (non-hydrogen) atoms. The van der Waals surface area contributed by atoms with Gasteiger partial charge in [-0.1, -0.05) is 6.07 Å². The topological polar surface area (TPSA) is 21.3 Å². The second-order valence-electron chi connectivity index (χ2n) is 4.94. The van der Waals surface area contributed by atoms with Gasteiger partial charge < -0.3 is 10.1 Å². The summed E-state index contributed by atoms with van der Waals surface area (Å²) in [6.45, 7) is 1.83. The normalized spacial score (nSPS) is 28.8. The van der Waals surface area contributed by atoms with E-state index < -0.39 is 0 Å². The molecule has 0 saturated carbocycles. The summed E-state index contributed by atoms with van der Waals surface area (Å²) in [5.41, 5.74) is 2.31. The lowest BCUT2D eigenvalue weighted by Crippen LogP contribution is -2.30. The van der Waals surface area contributed by atoms with E-state index in [0.29, 0.717) is 6.04 Å². The summed E-state index contributed by atoms with van der Waals surface area (Å²) < 4.78 is 19.4. The minimum atomic E-state index is -0.155. The first-order chi connectivity index (χ1) is 8.34. The molecule has 1 saturated heterocycles. The Labute approximate surface area is 101 Å². The van der Waals surface area contributed by atoms with Gasteiger partial charge in [-0.15, -0.1) is 0 Å². The van der Waals surface area contributed by atoms with Crippen LogP contribution >= 0.6 is 0 Å². The average molecular weight is 235 g/mol. The number of rotatable bonds is 1. The molecular formula is C14H18FNO. The zero-order chi connectivity index (χ0) is 11.7. The van der Waals surface area contributed by atoms with Gasteiger partial charge in [0.25, 0.3) is 0 Å². The fourth-order valence-electron chi connectivity index (χ4n) is 2.92. The predicted octanol–water partition coefficient (Wildman–Crippen LogP) is 2.58. The minimum Gasteiger partial charge on any atom is -0.372 e. The van der Waals surface area contributed by atoms with E-state index in [4.69, 9.17) is 4.74 Å². The molecule has 0 aromatic heterocycles. The summed E-state index contributed by atoms with van der Waals surface area (Å²) in [7, 11) is 0. The highest BCUT2D eigenvalue weighted by Crippen LogP contribution is 2.32. The summed E-state index contributed by atoms with van der Waals surface area (Å²) in [6.07, 6.45) is 4.38. The summed E-state index contributed by atoms with van der Waals surface area (Å²) >= 11 is 0. The van der Waals surface area contributed by atoms with E-state index in [1.165, 1.54) is 12.0 Å². The first kappa shape index (κ1) is 11.2. The van der Waals surface area contributed by atoms with Crippen molar-refractivity contribution in [3.8, 4) is 0 Å². The number of halogens is 1. The maximum absolute atomic E-state index is 13.4. The van der Waals surface area contributed by atoms with Crippen LogP contribution in [0.2, 0.25) is 0 Å². The van der Waals surface area contributed by atoms with E-state index in [1.54, 1.807) is 12.1 Å². The highest BCUT2D eigenvalue weighted by molar-refractivity contribution is 5.32. The summed E-state index contributed by atoms with van der Waals surface area (Å²) in [6, 6.07) is 5.49. The Balaban J connectivity index is 1.96. The molecule has 2 heterocycles. The molecule has 1 N–H and O–H groups in total. The highest BCUT2D eigenvalue weighted by atomic mass is 19.1. The third kappa shape index (κ3) is 2.22. The van der Waals surface area contributed by atoms with E-state index in [2.05, 4.69) is 5.32 Å². The Morgan fingerprint density at radius 3 is 3.06 bits per heavy atom. The number of aryl methyl sites for hydroxylation is 1. The molecule has 2 aliphatic heterocycles. The molecule has 0 unspecified atom stereocenters. The third-order valence-electron chi connectivity index (χ3n) is 3.77. The average Bonchev–Trinajstić information content (AvgIpc) is 2.77. The lowest BCUT2D eigenvalue weighted by atomic mass is 9.95. The Bertz CT molecular complexity index is 401. The van der Waals surface area contributed by atoms with Crippen molar-refractivity contribution in [2.24, 2.45) is 0 Å². The molecule has 0 amide bonds. The van der Waals surface area contributed by atoms with Crippen LogP contribution in [0.25, 0.3) is 0 Å². The van der Waals surface area contributed by atoms with Crippen molar-refractivity contribution >= 4 is 0 Å². The lowest BCUT2D eigenvalue weighted by Gasteiger charge is -2.24. The second kappa shape index (κ2) is 4.75.